The number of hydrogen-bond acceptors (Lipinski definition) is 9. The molecule has 41 heavy (non-hydrogen) atoms. The topological polar surface area (TPSA) is 109 Å². The first-order chi connectivity index (χ1) is 20.0. The molecule has 2 aliphatic heterocycles. The molecule has 4 heterocycles. The molecule has 12 heteroatoms. The highest BCUT2D eigenvalue weighted by molar-refractivity contribution is 7.10. The van der Waals surface area contributed by atoms with Crippen LogP contribution in [0, 0.1) is 11.3 Å². The van der Waals surface area contributed by atoms with Gasteiger partial charge in [-0.05, 0) is 23.4 Å². The van der Waals surface area contributed by atoms with Crippen molar-refractivity contribution in [1.29, 1.82) is 0 Å². The molecule has 4 fully saturated rings. The van der Waals surface area contributed by atoms with E-state index in [-0.39, 0.29) is 37.5 Å². The average molecular weight is 593 g/mol. The third kappa shape index (κ3) is 3.43. The average Bonchev–Trinajstić information content (AvgIpc) is 3.38. The van der Waals surface area contributed by atoms with Gasteiger partial charge in [0.05, 0.1) is 11.6 Å². The van der Waals surface area contributed by atoms with Crippen LogP contribution in [0.5, 0.6) is 0 Å². The second kappa shape index (κ2) is 9.66. The van der Waals surface area contributed by atoms with Crippen LogP contribution in [0.25, 0.3) is 0 Å². The Hall–Kier alpha value is -3.77. The van der Waals surface area contributed by atoms with Gasteiger partial charge in [-0.1, -0.05) is 49.7 Å². The van der Waals surface area contributed by atoms with E-state index in [4.69, 9.17) is 9.47 Å². The lowest BCUT2D eigenvalue weighted by atomic mass is 9.82. The molecular weight excluding hydrogens is 564 g/mol. The van der Waals surface area contributed by atoms with Crippen molar-refractivity contribution < 1.29 is 28.7 Å². The Bertz CT molecular complexity index is 1480. The Morgan fingerprint density at radius 3 is 2.71 bits per heavy atom. The molecule has 3 amide bonds. The van der Waals surface area contributed by atoms with Crippen LogP contribution >= 0.6 is 22.7 Å². The van der Waals surface area contributed by atoms with Crippen molar-refractivity contribution in [3.63, 3.8) is 0 Å². The van der Waals surface area contributed by atoms with E-state index in [9.17, 15) is 19.2 Å². The van der Waals surface area contributed by atoms with Crippen LogP contribution in [-0.2, 0) is 30.4 Å². The minimum atomic E-state index is -1.34. The predicted octanol–water partition coefficient (Wildman–Crippen LogP) is 3.98. The Morgan fingerprint density at radius 2 is 2.05 bits per heavy atom. The lowest BCUT2D eigenvalue weighted by Crippen LogP contribution is -2.77. The SMILES string of the molecule is CCCCOC(=O)[C@H](N(C=O)Cc1ccccc1)N1C(=O)[C@@]23C(c4nccs4)[C@H]2[C@@]13N1C(=O)OC[C@H]1c1cccs1. The lowest BCUT2D eigenvalue weighted by Gasteiger charge is -2.57. The van der Waals surface area contributed by atoms with Gasteiger partial charge in [0.2, 0.25) is 18.5 Å². The number of esters is 1. The molecular formula is C29H28N4O6S2. The standard InChI is InChI=1S/C29H28N4O6S2/c1-2-3-12-38-25(35)24(31(17-34)15-18-8-5-4-6-9-18)33-26(36)28-21(23-30-11-14-41-23)22(28)29(28,33)32-19(16-39-27(32)37)20-10-7-13-40-20/h4-11,13-14,17,19,21-22,24H,2-3,12,15-16H2,1H3/t19-,21?,22+,24+,28+,29+/m0/s1. The van der Waals surface area contributed by atoms with Crippen LogP contribution in [0.2, 0.25) is 0 Å². The highest BCUT2D eigenvalue weighted by Gasteiger charge is 3.12. The fraction of sp³-hybridized carbons (Fsp3) is 0.414. The maximum atomic E-state index is 14.3. The number of likely N-dealkylation sites (tertiary alicyclic amines) is 1. The summed E-state index contributed by atoms with van der Waals surface area (Å²) in [6, 6.07) is 12.7. The number of hydrogen-bond donors (Lipinski definition) is 0. The van der Waals surface area contributed by atoms with E-state index in [0.29, 0.717) is 12.8 Å². The number of nitrogens with zero attached hydrogens (tertiary/aromatic N) is 4. The van der Waals surface area contributed by atoms with Crippen molar-refractivity contribution >= 4 is 47.1 Å². The number of amides is 3. The number of rotatable bonds is 12. The second-order valence-electron chi connectivity index (χ2n) is 10.7. The number of thiazole rings is 1. The van der Waals surface area contributed by atoms with Gasteiger partial charge >= 0.3 is 12.1 Å². The van der Waals surface area contributed by atoms with Gasteiger partial charge < -0.3 is 14.4 Å². The summed E-state index contributed by atoms with van der Waals surface area (Å²) < 4.78 is 11.2. The predicted molar refractivity (Wildman–Crippen MR) is 148 cm³/mol. The summed E-state index contributed by atoms with van der Waals surface area (Å²) in [6.45, 7) is 2.38. The molecule has 2 aromatic heterocycles. The highest BCUT2D eigenvalue weighted by Crippen LogP contribution is 2.98. The molecule has 0 bridgehead atoms. The Balaban J connectivity index is 1.30. The zero-order chi connectivity index (χ0) is 28.4. The summed E-state index contributed by atoms with van der Waals surface area (Å²) in [6.07, 6.45) is 1.87. The van der Waals surface area contributed by atoms with Gasteiger partial charge in [-0.3, -0.25) is 19.4 Å². The lowest BCUT2D eigenvalue weighted by molar-refractivity contribution is -0.202. The molecule has 0 radical (unpaired) electrons. The number of benzene rings is 1. The van der Waals surface area contributed by atoms with Crippen molar-refractivity contribution in [1.82, 2.24) is 19.7 Å². The van der Waals surface area contributed by atoms with Gasteiger partial charge in [0.25, 0.3) is 0 Å². The van der Waals surface area contributed by atoms with Gasteiger partial charge in [-0.2, -0.15) is 0 Å². The normalized spacial score (nSPS) is 29.6. The summed E-state index contributed by atoms with van der Waals surface area (Å²) in [5, 5.41) is 4.63. The van der Waals surface area contributed by atoms with Crippen LogP contribution in [0.1, 0.15) is 47.2 Å². The van der Waals surface area contributed by atoms with E-state index < -0.39 is 35.3 Å². The van der Waals surface area contributed by atoms with E-state index in [2.05, 4.69) is 4.98 Å². The number of unbranched alkanes of at least 4 members (excludes halogenated alkanes) is 1. The maximum absolute atomic E-state index is 14.3. The molecule has 2 saturated heterocycles. The number of thiophene rings is 1. The van der Waals surface area contributed by atoms with Crippen molar-refractivity contribution in [2.45, 2.75) is 50.1 Å². The number of cyclic esters (lactones) is 1. The molecule has 6 atom stereocenters. The van der Waals surface area contributed by atoms with E-state index >= 15 is 0 Å². The van der Waals surface area contributed by atoms with Crippen LogP contribution in [0.3, 0.4) is 0 Å². The monoisotopic (exact) mass is 592 g/mol. The number of carbonyl (C=O) groups is 4. The Morgan fingerprint density at radius 1 is 1.22 bits per heavy atom. The highest BCUT2D eigenvalue weighted by atomic mass is 32.1. The van der Waals surface area contributed by atoms with Gasteiger partial charge in [0, 0.05) is 34.8 Å². The number of fused-ring (bicyclic) bond motifs is 1. The van der Waals surface area contributed by atoms with E-state index in [0.717, 1.165) is 21.9 Å². The minimum Gasteiger partial charge on any atom is -0.463 e. The third-order valence-corrected chi connectivity index (χ3v) is 10.6. The number of aromatic nitrogens is 1. The Kier molecular flexibility index (Phi) is 6.16. The van der Waals surface area contributed by atoms with Crippen molar-refractivity contribution in [3.05, 3.63) is 74.9 Å². The van der Waals surface area contributed by atoms with Crippen LogP contribution in [0.4, 0.5) is 4.79 Å². The molecule has 0 N–H and O–H groups in total. The second-order valence-corrected chi connectivity index (χ2v) is 12.6. The fourth-order valence-electron chi connectivity index (χ4n) is 7.05. The summed E-state index contributed by atoms with van der Waals surface area (Å²) in [5.41, 5.74) is -1.22. The van der Waals surface area contributed by atoms with E-state index in [1.165, 1.54) is 32.5 Å². The van der Waals surface area contributed by atoms with E-state index in [1.807, 2.05) is 60.1 Å². The molecule has 7 rings (SSSR count). The zero-order valence-corrected chi connectivity index (χ0v) is 23.9. The number of β-lactam (4-membered cyclic amide) rings is 1. The Labute approximate surface area is 244 Å². The summed E-state index contributed by atoms with van der Waals surface area (Å²) in [4.78, 5) is 63.9. The summed E-state index contributed by atoms with van der Waals surface area (Å²) in [5.74, 6) is -1.39. The number of ether oxygens (including phenoxy) is 2. The molecule has 3 aromatic rings. The first-order valence-corrected chi connectivity index (χ1v) is 15.4. The fourth-order valence-corrected chi connectivity index (χ4v) is 8.71. The number of piperidine rings is 1. The van der Waals surface area contributed by atoms with E-state index in [1.54, 1.807) is 11.1 Å². The van der Waals surface area contributed by atoms with Crippen molar-refractivity contribution in [3.8, 4) is 0 Å². The van der Waals surface area contributed by atoms with Gasteiger partial charge in [0.15, 0.2) is 0 Å². The van der Waals surface area contributed by atoms with Crippen LogP contribution in [-0.4, -0.2) is 69.1 Å². The minimum absolute atomic E-state index is 0.0874. The molecule has 4 aliphatic rings. The number of carbonyl (C=O) groups excluding carboxylic acids is 4. The smallest absolute Gasteiger partial charge is 0.412 e. The van der Waals surface area contributed by atoms with Gasteiger partial charge in [-0.15, -0.1) is 22.7 Å². The third-order valence-electron chi connectivity index (χ3n) is 8.79. The van der Waals surface area contributed by atoms with Crippen molar-refractivity contribution in [2.75, 3.05) is 13.2 Å². The summed E-state index contributed by atoms with van der Waals surface area (Å²) >= 11 is 2.98. The molecule has 212 valence electrons. The first-order valence-electron chi connectivity index (χ1n) is 13.7. The largest absolute Gasteiger partial charge is 0.463 e. The molecule has 2 aliphatic carbocycles. The van der Waals surface area contributed by atoms with Gasteiger partial charge in [0.1, 0.15) is 23.7 Å². The molecule has 10 nitrogen and oxygen atoms in total. The first kappa shape index (κ1) is 26.1. The maximum Gasteiger partial charge on any atom is 0.412 e. The van der Waals surface area contributed by atoms with Gasteiger partial charge in [-0.25, -0.2) is 14.6 Å². The molecule has 1 aromatic carbocycles. The molecule has 1 spiro atoms. The van der Waals surface area contributed by atoms with Crippen LogP contribution < -0.4 is 0 Å². The molecule has 1 unspecified atom stereocenters. The quantitative estimate of drug-likeness (QED) is 0.135. The summed E-state index contributed by atoms with van der Waals surface area (Å²) in [7, 11) is 0. The zero-order valence-electron chi connectivity index (χ0n) is 22.3. The van der Waals surface area contributed by atoms with Crippen LogP contribution in [0.15, 0.2) is 59.4 Å². The van der Waals surface area contributed by atoms with Crippen molar-refractivity contribution in [2.24, 2.45) is 11.3 Å². The molecule has 2 saturated carbocycles.